The van der Waals surface area contributed by atoms with Gasteiger partial charge in [0.25, 0.3) is 0 Å². The van der Waals surface area contributed by atoms with E-state index in [2.05, 4.69) is 29.0 Å². The van der Waals surface area contributed by atoms with Crippen molar-refractivity contribution in [1.29, 1.82) is 0 Å². The van der Waals surface area contributed by atoms with E-state index in [1.54, 1.807) is 11.3 Å². The number of rotatable bonds is 3. The molecule has 2 aromatic heterocycles. The Morgan fingerprint density at radius 3 is 2.75 bits per heavy atom. The zero-order chi connectivity index (χ0) is 14.1. The van der Waals surface area contributed by atoms with Crippen molar-refractivity contribution in [1.82, 2.24) is 9.97 Å². The van der Waals surface area contributed by atoms with Crippen molar-refractivity contribution in [2.75, 3.05) is 0 Å². The lowest BCUT2D eigenvalue weighted by molar-refractivity contribution is 0.699. The lowest BCUT2D eigenvalue weighted by Crippen LogP contribution is -2.15. The van der Waals surface area contributed by atoms with Crippen molar-refractivity contribution in [3.05, 3.63) is 57.8 Å². The zero-order valence-corrected chi connectivity index (χ0v) is 12.4. The second-order valence-corrected chi connectivity index (χ2v) is 6.26. The van der Waals surface area contributed by atoms with Gasteiger partial charge in [-0.2, -0.15) is 0 Å². The molecule has 0 saturated heterocycles. The van der Waals surface area contributed by atoms with Gasteiger partial charge in [0.15, 0.2) is 0 Å². The number of hydrogen-bond acceptors (Lipinski definition) is 4. The number of pyridine rings is 1. The first-order valence-electron chi connectivity index (χ1n) is 6.67. The highest BCUT2D eigenvalue weighted by Crippen LogP contribution is 2.25. The topological polar surface area (TPSA) is 51.8 Å². The van der Waals surface area contributed by atoms with Crippen molar-refractivity contribution in [2.45, 2.75) is 26.3 Å². The van der Waals surface area contributed by atoms with Crippen molar-refractivity contribution >= 4 is 22.1 Å². The van der Waals surface area contributed by atoms with Gasteiger partial charge in [-0.3, -0.25) is 4.98 Å². The number of nitrogens with zero attached hydrogens (tertiary/aromatic N) is 2. The molecule has 20 heavy (non-hydrogen) atoms. The predicted octanol–water partition coefficient (Wildman–Crippen LogP) is 3.55. The molecule has 0 amide bonds. The maximum Gasteiger partial charge on any atom is 0.0950 e. The van der Waals surface area contributed by atoms with Crippen LogP contribution in [0.5, 0.6) is 0 Å². The average Bonchev–Trinajstić information content (AvgIpc) is 2.76. The van der Waals surface area contributed by atoms with Gasteiger partial charge in [-0.15, -0.1) is 11.3 Å². The standard InChI is InChI=1S/C16H17N3S/c1-10-11(2)20-15(19-10)9-14(17)16-13-6-4-3-5-12(13)7-8-18-16/h3-8,14H,9,17H2,1-2H3. The van der Waals surface area contributed by atoms with Crippen LogP contribution < -0.4 is 5.73 Å². The quantitative estimate of drug-likeness (QED) is 0.799. The van der Waals surface area contributed by atoms with Crippen LogP contribution in [0.3, 0.4) is 0 Å². The van der Waals surface area contributed by atoms with Gasteiger partial charge in [0.05, 0.1) is 22.4 Å². The van der Waals surface area contributed by atoms with Crippen LogP contribution in [0.1, 0.15) is 27.3 Å². The smallest absolute Gasteiger partial charge is 0.0950 e. The first-order chi connectivity index (χ1) is 9.65. The van der Waals surface area contributed by atoms with Crippen LogP contribution >= 0.6 is 11.3 Å². The first-order valence-corrected chi connectivity index (χ1v) is 7.49. The Hall–Kier alpha value is -1.78. The Balaban J connectivity index is 1.94. The summed E-state index contributed by atoms with van der Waals surface area (Å²) >= 11 is 1.72. The van der Waals surface area contributed by atoms with E-state index in [0.29, 0.717) is 0 Å². The molecule has 0 spiro atoms. The summed E-state index contributed by atoms with van der Waals surface area (Å²) in [4.78, 5) is 10.3. The van der Waals surface area contributed by atoms with Crippen LogP contribution in [0.2, 0.25) is 0 Å². The molecule has 2 heterocycles. The Morgan fingerprint density at radius 1 is 1.20 bits per heavy atom. The minimum atomic E-state index is -0.119. The molecule has 0 aliphatic rings. The van der Waals surface area contributed by atoms with Crippen LogP contribution in [-0.2, 0) is 6.42 Å². The molecule has 3 nitrogen and oxygen atoms in total. The van der Waals surface area contributed by atoms with E-state index in [1.807, 2.05) is 31.3 Å². The van der Waals surface area contributed by atoms with Crippen LogP contribution in [-0.4, -0.2) is 9.97 Å². The molecular weight excluding hydrogens is 266 g/mol. The van der Waals surface area contributed by atoms with Crippen molar-refractivity contribution < 1.29 is 0 Å². The van der Waals surface area contributed by atoms with E-state index in [4.69, 9.17) is 5.73 Å². The highest BCUT2D eigenvalue weighted by atomic mass is 32.1. The summed E-state index contributed by atoms with van der Waals surface area (Å²) in [5, 5.41) is 3.40. The number of hydrogen-bond donors (Lipinski definition) is 1. The van der Waals surface area contributed by atoms with Gasteiger partial charge < -0.3 is 5.73 Å². The fraction of sp³-hybridized carbons (Fsp3) is 0.250. The van der Waals surface area contributed by atoms with Gasteiger partial charge in [-0.25, -0.2) is 4.98 Å². The lowest BCUT2D eigenvalue weighted by Gasteiger charge is -2.12. The maximum atomic E-state index is 6.36. The summed E-state index contributed by atoms with van der Waals surface area (Å²) in [6.45, 7) is 4.13. The Labute approximate surface area is 122 Å². The number of thiazole rings is 1. The highest BCUT2D eigenvalue weighted by Gasteiger charge is 2.14. The van der Waals surface area contributed by atoms with E-state index < -0.39 is 0 Å². The molecule has 1 aromatic carbocycles. The lowest BCUT2D eigenvalue weighted by atomic mass is 10.0. The Kier molecular flexibility index (Phi) is 3.51. The summed E-state index contributed by atoms with van der Waals surface area (Å²) in [6, 6.07) is 10.1. The second-order valence-electron chi connectivity index (χ2n) is 4.98. The Morgan fingerprint density at radius 2 is 2.00 bits per heavy atom. The van der Waals surface area contributed by atoms with Gasteiger partial charge in [0.1, 0.15) is 0 Å². The van der Waals surface area contributed by atoms with Crippen molar-refractivity contribution in [3.8, 4) is 0 Å². The average molecular weight is 283 g/mol. The largest absolute Gasteiger partial charge is 0.322 e. The molecule has 4 heteroatoms. The van der Waals surface area contributed by atoms with E-state index in [9.17, 15) is 0 Å². The molecule has 0 aliphatic carbocycles. The van der Waals surface area contributed by atoms with Crippen LogP contribution in [0.25, 0.3) is 10.8 Å². The van der Waals surface area contributed by atoms with Gasteiger partial charge in [-0.05, 0) is 25.3 Å². The third-order valence-electron chi connectivity index (χ3n) is 3.52. The van der Waals surface area contributed by atoms with E-state index in [1.165, 1.54) is 10.3 Å². The molecule has 3 rings (SSSR count). The van der Waals surface area contributed by atoms with Gasteiger partial charge in [0.2, 0.25) is 0 Å². The van der Waals surface area contributed by atoms with Crippen LogP contribution in [0.4, 0.5) is 0 Å². The zero-order valence-electron chi connectivity index (χ0n) is 11.6. The minimum Gasteiger partial charge on any atom is -0.322 e. The summed E-state index contributed by atoms with van der Waals surface area (Å²) in [5.74, 6) is 0. The molecule has 1 unspecified atom stereocenters. The second kappa shape index (κ2) is 5.31. The fourth-order valence-corrected chi connectivity index (χ4v) is 3.34. The molecule has 102 valence electrons. The molecule has 0 saturated carbocycles. The summed E-state index contributed by atoms with van der Waals surface area (Å²) in [7, 11) is 0. The molecule has 0 aliphatic heterocycles. The number of fused-ring (bicyclic) bond motifs is 1. The molecule has 0 radical (unpaired) electrons. The number of nitrogens with two attached hydrogens (primary N) is 1. The third kappa shape index (κ3) is 2.44. The van der Waals surface area contributed by atoms with Crippen molar-refractivity contribution in [3.63, 3.8) is 0 Å². The van der Waals surface area contributed by atoms with Crippen LogP contribution in [0.15, 0.2) is 36.5 Å². The normalized spacial score (nSPS) is 12.8. The molecular formula is C16H17N3S. The van der Waals surface area contributed by atoms with E-state index in [0.717, 1.165) is 28.2 Å². The van der Waals surface area contributed by atoms with E-state index in [-0.39, 0.29) is 6.04 Å². The predicted molar refractivity (Wildman–Crippen MR) is 84.0 cm³/mol. The molecule has 1 atom stereocenters. The summed E-state index contributed by atoms with van der Waals surface area (Å²) < 4.78 is 0. The van der Waals surface area contributed by atoms with Crippen molar-refractivity contribution in [2.24, 2.45) is 5.73 Å². The Bertz CT molecular complexity index is 724. The van der Waals surface area contributed by atoms with Gasteiger partial charge in [-0.1, -0.05) is 24.3 Å². The molecule has 3 aromatic rings. The first kappa shape index (κ1) is 13.2. The molecule has 0 fully saturated rings. The monoisotopic (exact) mass is 283 g/mol. The third-order valence-corrected chi connectivity index (χ3v) is 4.62. The fourth-order valence-electron chi connectivity index (χ4n) is 2.35. The van der Waals surface area contributed by atoms with Gasteiger partial charge in [0, 0.05) is 22.9 Å². The van der Waals surface area contributed by atoms with E-state index >= 15 is 0 Å². The van der Waals surface area contributed by atoms with Gasteiger partial charge >= 0.3 is 0 Å². The molecule has 2 N–H and O–H groups in total. The maximum absolute atomic E-state index is 6.36. The summed E-state index contributed by atoms with van der Waals surface area (Å²) in [5.41, 5.74) is 8.41. The number of aromatic nitrogens is 2. The van der Waals surface area contributed by atoms with Crippen LogP contribution in [0, 0.1) is 13.8 Å². The summed E-state index contributed by atoms with van der Waals surface area (Å²) in [6.07, 6.45) is 2.57. The molecule has 0 bridgehead atoms. The number of aryl methyl sites for hydroxylation is 2. The number of benzene rings is 1. The highest BCUT2D eigenvalue weighted by molar-refractivity contribution is 7.11. The minimum absolute atomic E-state index is 0.119. The SMILES string of the molecule is Cc1nc(CC(N)c2nccc3ccccc23)sc1C.